The van der Waals surface area contributed by atoms with E-state index in [2.05, 4.69) is 4.90 Å². The Morgan fingerprint density at radius 2 is 1.88 bits per heavy atom. The summed E-state index contributed by atoms with van der Waals surface area (Å²) in [4.78, 5) is 14.7. The zero-order valence-electron chi connectivity index (χ0n) is 14.1. The highest BCUT2D eigenvalue weighted by atomic mass is 35.5. The maximum absolute atomic E-state index is 11.8. The summed E-state index contributed by atoms with van der Waals surface area (Å²) in [5.74, 6) is -0.0920. The lowest BCUT2D eigenvalue weighted by atomic mass is 10.1. The summed E-state index contributed by atoms with van der Waals surface area (Å²) in [7, 11) is 0. The van der Waals surface area contributed by atoms with Crippen molar-refractivity contribution in [1.82, 2.24) is 9.96 Å². The van der Waals surface area contributed by atoms with E-state index < -0.39 is 16.5 Å². The first-order valence-electron chi connectivity index (χ1n) is 8.15. The van der Waals surface area contributed by atoms with E-state index in [9.17, 15) is 18.8 Å². The number of hydrogen-bond acceptors (Lipinski definition) is 5. The van der Waals surface area contributed by atoms with Crippen molar-refractivity contribution in [3.05, 3.63) is 29.3 Å². The second-order valence-corrected chi connectivity index (χ2v) is 7.83. The van der Waals surface area contributed by atoms with Gasteiger partial charge in [0.2, 0.25) is 6.41 Å². The number of halogens is 1. The number of nitrogens with zero attached hydrogens (tertiary/aromatic N) is 3. The van der Waals surface area contributed by atoms with Crippen LogP contribution < -0.4 is 4.90 Å². The van der Waals surface area contributed by atoms with E-state index >= 15 is 0 Å². The van der Waals surface area contributed by atoms with Crippen molar-refractivity contribution < 1.29 is 18.8 Å². The first-order valence-corrected chi connectivity index (χ1v) is 9.70. The quantitative estimate of drug-likeness (QED) is 0.305. The fourth-order valence-corrected chi connectivity index (χ4v) is 4.15. The summed E-state index contributed by atoms with van der Waals surface area (Å²) in [6.07, 6.45) is 0.765. The molecule has 3 unspecified atom stereocenters. The molecular formula is C16H24ClN3O4S. The molecule has 0 radical (unpaired) electrons. The molecule has 2 rings (SSSR count). The highest BCUT2D eigenvalue weighted by molar-refractivity contribution is 7.79. The maximum atomic E-state index is 11.8. The van der Waals surface area contributed by atoms with Gasteiger partial charge in [0.25, 0.3) is 0 Å². The molecule has 0 spiro atoms. The molecular weight excluding hydrogens is 366 g/mol. The number of anilines is 1. The minimum atomic E-state index is -2.00. The van der Waals surface area contributed by atoms with Gasteiger partial charge < -0.3 is 9.45 Å². The molecule has 140 valence electrons. The van der Waals surface area contributed by atoms with E-state index in [4.69, 9.17) is 11.6 Å². The number of hydroxylamine groups is 2. The molecule has 0 saturated carbocycles. The van der Waals surface area contributed by atoms with Crippen LogP contribution in [0.5, 0.6) is 0 Å². The van der Waals surface area contributed by atoms with Crippen LogP contribution in [0.15, 0.2) is 24.3 Å². The van der Waals surface area contributed by atoms with Crippen LogP contribution in [0.1, 0.15) is 13.3 Å². The monoisotopic (exact) mass is 389 g/mol. The number of hydrogen-bond donors (Lipinski definition) is 2. The van der Waals surface area contributed by atoms with Gasteiger partial charge >= 0.3 is 0 Å². The molecule has 0 aliphatic carbocycles. The fourth-order valence-electron chi connectivity index (χ4n) is 3.06. The van der Waals surface area contributed by atoms with E-state index in [1.165, 1.54) is 0 Å². The van der Waals surface area contributed by atoms with Crippen LogP contribution in [0, 0.1) is 5.92 Å². The predicted molar refractivity (Wildman–Crippen MR) is 98.1 cm³/mol. The Morgan fingerprint density at radius 1 is 1.28 bits per heavy atom. The Bertz CT molecular complexity index is 581. The summed E-state index contributed by atoms with van der Waals surface area (Å²) in [5, 5.41) is 10.0. The fraction of sp³-hybridized carbons (Fsp3) is 0.562. The van der Waals surface area contributed by atoms with Gasteiger partial charge in [0.15, 0.2) is 11.1 Å². The van der Waals surface area contributed by atoms with Crippen molar-refractivity contribution in [1.29, 1.82) is 0 Å². The predicted octanol–water partition coefficient (Wildman–Crippen LogP) is 1.88. The van der Waals surface area contributed by atoms with Crippen LogP contribution in [0.3, 0.4) is 0 Å². The van der Waals surface area contributed by atoms with Crippen LogP contribution in [-0.2, 0) is 15.9 Å². The van der Waals surface area contributed by atoms with Gasteiger partial charge in [-0.05, 0) is 36.6 Å². The molecule has 1 amide bonds. The summed E-state index contributed by atoms with van der Waals surface area (Å²) < 4.78 is 21.4. The highest BCUT2D eigenvalue weighted by Gasteiger charge is 2.29. The lowest BCUT2D eigenvalue weighted by Gasteiger charge is -2.39. The molecule has 0 aromatic heterocycles. The van der Waals surface area contributed by atoms with Crippen LogP contribution in [0.2, 0.25) is 5.02 Å². The number of benzene rings is 1. The molecule has 0 bridgehead atoms. The Balaban J connectivity index is 1.92. The topological polar surface area (TPSA) is 84.3 Å². The van der Waals surface area contributed by atoms with Crippen molar-refractivity contribution in [2.24, 2.45) is 5.92 Å². The van der Waals surface area contributed by atoms with Gasteiger partial charge in [0.05, 0.1) is 6.54 Å². The lowest BCUT2D eigenvalue weighted by molar-refractivity contribution is -0.152. The standard InChI is InChI=1S/C16H24ClN3O4S/c1-13(11-20(22)12-21)10-16(25(23)24)19-8-6-18(7-9-19)15-4-2-14(17)3-5-15/h2-5,12-13,16,22H,6-11H2,1H3,(H,23,24). The Kier molecular flexibility index (Phi) is 7.64. The molecule has 1 aliphatic heterocycles. The number of rotatable bonds is 8. The van der Waals surface area contributed by atoms with Crippen molar-refractivity contribution in [2.45, 2.75) is 18.7 Å². The second-order valence-electron chi connectivity index (χ2n) is 6.30. The van der Waals surface area contributed by atoms with Crippen LogP contribution in [0.25, 0.3) is 0 Å². The van der Waals surface area contributed by atoms with Gasteiger partial charge in [-0.15, -0.1) is 0 Å². The zero-order valence-corrected chi connectivity index (χ0v) is 15.7. The van der Waals surface area contributed by atoms with Crippen molar-refractivity contribution in [3.8, 4) is 0 Å². The summed E-state index contributed by atoms with van der Waals surface area (Å²) >= 11 is 3.92. The summed E-state index contributed by atoms with van der Waals surface area (Å²) in [5.41, 5.74) is 1.08. The smallest absolute Gasteiger partial charge is 0.233 e. The van der Waals surface area contributed by atoms with E-state index in [-0.39, 0.29) is 12.5 Å². The van der Waals surface area contributed by atoms with Crippen molar-refractivity contribution in [2.75, 3.05) is 37.6 Å². The van der Waals surface area contributed by atoms with E-state index in [1.807, 2.05) is 36.1 Å². The van der Waals surface area contributed by atoms with Gasteiger partial charge in [-0.2, -0.15) is 0 Å². The summed E-state index contributed by atoms with van der Waals surface area (Å²) in [6, 6.07) is 7.64. The number of piperazine rings is 1. The number of carbonyl (C=O) groups is 1. The average Bonchev–Trinajstić information content (AvgIpc) is 2.60. The van der Waals surface area contributed by atoms with E-state index in [1.54, 1.807) is 0 Å². The molecule has 7 nitrogen and oxygen atoms in total. The molecule has 1 aromatic rings. The highest BCUT2D eigenvalue weighted by Crippen LogP contribution is 2.22. The largest absolute Gasteiger partial charge is 0.369 e. The van der Waals surface area contributed by atoms with Crippen LogP contribution in [0.4, 0.5) is 5.69 Å². The number of carbonyl (C=O) groups excluding carboxylic acids is 1. The van der Waals surface area contributed by atoms with Gasteiger partial charge in [-0.1, -0.05) is 18.5 Å². The molecule has 1 heterocycles. The van der Waals surface area contributed by atoms with Gasteiger partial charge in [0.1, 0.15) is 5.37 Å². The van der Waals surface area contributed by atoms with Gasteiger partial charge in [0, 0.05) is 36.9 Å². The average molecular weight is 390 g/mol. The molecule has 1 aliphatic rings. The summed E-state index contributed by atoms with van der Waals surface area (Å²) in [6.45, 7) is 4.83. The zero-order chi connectivity index (χ0) is 18.4. The molecule has 3 atom stereocenters. The van der Waals surface area contributed by atoms with Crippen LogP contribution in [-0.4, -0.2) is 68.4 Å². The first-order chi connectivity index (χ1) is 11.9. The minimum absolute atomic E-state index is 0.0920. The SMILES string of the molecule is CC(CC(N1CCN(c2ccc(Cl)cc2)CC1)S(=O)O)CN(O)C=O. The molecule has 9 heteroatoms. The Labute approximate surface area is 155 Å². The molecule has 25 heavy (non-hydrogen) atoms. The van der Waals surface area contributed by atoms with Gasteiger partial charge in [-0.25, -0.2) is 9.27 Å². The maximum Gasteiger partial charge on any atom is 0.233 e. The molecule has 1 saturated heterocycles. The lowest BCUT2D eigenvalue weighted by Crippen LogP contribution is -2.52. The molecule has 2 N–H and O–H groups in total. The van der Waals surface area contributed by atoms with Gasteiger partial charge in [-0.3, -0.25) is 14.9 Å². The third-order valence-corrected chi connectivity index (χ3v) is 5.58. The molecule has 1 fully saturated rings. The first kappa shape index (κ1) is 20.1. The van der Waals surface area contributed by atoms with E-state index in [0.29, 0.717) is 36.0 Å². The number of amides is 1. The normalized spacial score (nSPS) is 19.3. The Morgan fingerprint density at radius 3 is 2.40 bits per heavy atom. The van der Waals surface area contributed by atoms with Crippen LogP contribution >= 0.6 is 11.6 Å². The van der Waals surface area contributed by atoms with Crippen molar-refractivity contribution >= 4 is 34.8 Å². The van der Waals surface area contributed by atoms with Crippen molar-refractivity contribution in [3.63, 3.8) is 0 Å². The third kappa shape index (κ3) is 5.93. The van der Waals surface area contributed by atoms with E-state index in [0.717, 1.165) is 18.8 Å². The minimum Gasteiger partial charge on any atom is -0.369 e. The third-order valence-electron chi connectivity index (χ3n) is 4.37. The molecule has 1 aromatic carbocycles. The second kappa shape index (κ2) is 9.49. The Hall–Kier alpha value is -1.19.